The zero-order valence-corrected chi connectivity index (χ0v) is 10.4. The molecule has 2 rings (SSSR count). The summed E-state index contributed by atoms with van der Waals surface area (Å²) >= 11 is 1.79. The molecule has 86 valence electrons. The summed E-state index contributed by atoms with van der Waals surface area (Å²) in [6.45, 7) is 0.932. The van der Waals surface area contributed by atoms with Crippen molar-refractivity contribution >= 4 is 22.8 Å². The molecule has 4 nitrogen and oxygen atoms in total. The standard InChI is InChI=1S/C11H16N4S/c1-14(6-5-9-4-3-7-16-9)11-10(12)8-15(2)13-11/h3-4,7-8H,5-6,12H2,1-2H3. The van der Waals surface area contributed by atoms with Crippen molar-refractivity contribution in [3.8, 4) is 0 Å². The molecule has 0 aromatic carbocycles. The average Bonchev–Trinajstić information content (AvgIpc) is 2.84. The van der Waals surface area contributed by atoms with Crippen LogP contribution in [-0.4, -0.2) is 23.4 Å². The lowest BCUT2D eigenvalue weighted by Gasteiger charge is -2.16. The van der Waals surface area contributed by atoms with Gasteiger partial charge in [0.15, 0.2) is 5.82 Å². The first-order chi connectivity index (χ1) is 7.66. The van der Waals surface area contributed by atoms with Crippen LogP contribution < -0.4 is 10.6 Å². The SMILES string of the molecule is CN(CCc1cccs1)c1nn(C)cc1N. The van der Waals surface area contributed by atoms with Crippen LogP contribution in [0, 0.1) is 0 Å². The van der Waals surface area contributed by atoms with Crippen LogP contribution in [0.2, 0.25) is 0 Å². The third-order valence-electron chi connectivity index (χ3n) is 2.47. The largest absolute Gasteiger partial charge is 0.394 e. The van der Waals surface area contributed by atoms with E-state index >= 15 is 0 Å². The molecule has 0 aliphatic heterocycles. The molecule has 2 N–H and O–H groups in total. The van der Waals surface area contributed by atoms with E-state index in [-0.39, 0.29) is 0 Å². The van der Waals surface area contributed by atoms with Crippen molar-refractivity contribution < 1.29 is 0 Å². The number of nitrogens with zero attached hydrogens (tertiary/aromatic N) is 3. The number of anilines is 2. The van der Waals surface area contributed by atoms with Crippen molar-refractivity contribution in [2.45, 2.75) is 6.42 Å². The Labute approximate surface area is 99.3 Å². The van der Waals surface area contributed by atoms with E-state index in [1.807, 2.05) is 20.3 Å². The number of thiophene rings is 1. The molecule has 0 bridgehead atoms. The highest BCUT2D eigenvalue weighted by Crippen LogP contribution is 2.19. The van der Waals surface area contributed by atoms with Gasteiger partial charge in [-0.3, -0.25) is 4.68 Å². The first-order valence-electron chi connectivity index (χ1n) is 5.19. The minimum Gasteiger partial charge on any atom is -0.394 e. The van der Waals surface area contributed by atoms with Crippen LogP contribution in [0.25, 0.3) is 0 Å². The minimum absolute atomic E-state index is 0.733. The molecule has 2 aromatic heterocycles. The molecule has 2 heterocycles. The van der Waals surface area contributed by atoms with Crippen molar-refractivity contribution in [3.63, 3.8) is 0 Å². The summed E-state index contributed by atoms with van der Waals surface area (Å²) in [6.07, 6.45) is 2.86. The van der Waals surface area contributed by atoms with Gasteiger partial charge in [-0.2, -0.15) is 5.10 Å². The summed E-state index contributed by atoms with van der Waals surface area (Å²) in [5, 5.41) is 6.43. The van der Waals surface area contributed by atoms with Crippen molar-refractivity contribution in [2.75, 3.05) is 24.2 Å². The quantitative estimate of drug-likeness (QED) is 0.879. The third kappa shape index (κ3) is 2.36. The highest BCUT2D eigenvalue weighted by Gasteiger charge is 2.09. The first kappa shape index (κ1) is 11.0. The molecule has 0 spiro atoms. The minimum atomic E-state index is 0.733. The molecule has 0 aliphatic rings. The van der Waals surface area contributed by atoms with E-state index in [4.69, 9.17) is 5.73 Å². The van der Waals surface area contributed by atoms with Gasteiger partial charge in [0.2, 0.25) is 0 Å². The lowest BCUT2D eigenvalue weighted by Crippen LogP contribution is -2.21. The van der Waals surface area contributed by atoms with Crippen LogP contribution in [-0.2, 0) is 13.5 Å². The maximum absolute atomic E-state index is 5.87. The zero-order valence-electron chi connectivity index (χ0n) is 9.55. The lowest BCUT2D eigenvalue weighted by molar-refractivity contribution is 0.750. The Bertz CT molecular complexity index is 447. The molecule has 0 radical (unpaired) electrons. The summed E-state index contributed by atoms with van der Waals surface area (Å²) in [5.74, 6) is 0.860. The summed E-state index contributed by atoms with van der Waals surface area (Å²) in [4.78, 5) is 3.48. The zero-order chi connectivity index (χ0) is 11.5. The Morgan fingerprint density at radius 2 is 2.38 bits per heavy atom. The fourth-order valence-electron chi connectivity index (χ4n) is 1.63. The third-order valence-corrected chi connectivity index (χ3v) is 3.41. The van der Waals surface area contributed by atoms with E-state index in [9.17, 15) is 0 Å². The Balaban J connectivity index is 1.98. The second kappa shape index (κ2) is 4.57. The maximum Gasteiger partial charge on any atom is 0.173 e. The molecule has 0 saturated carbocycles. The Morgan fingerprint density at radius 3 is 2.94 bits per heavy atom. The van der Waals surface area contributed by atoms with Crippen molar-refractivity contribution in [1.29, 1.82) is 0 Å². The molecule has 0 saturated heterocycles. The Hall–Kier alpha value is -1.49. The highest BCUT2D eigenvalue weighted by molar-refractivity contribution is 7.09. The predicted molar refractivity (Wildman–Crippen MR) is 68.9 cm³/mol. The van der Waals surface area contributed by atoms with Crippen LogP contribution >= 0.6 is 11.3 Å². The van der Waals surface area contributed by atoms with Gasteiger partial charge in [0.1, 0.15) is 0 Å². The Kier molecular flexibility index (Phi) is 3.14. The monoisotopic (exact) mass is 236 g/mol. The Morgan fingerprint density at radius 1 is 1.56 bits per heavy atom. The van der Waals surface area contributed by atoms with Gasteiger partial charge in [0, 0.05) is 31.7 Å². The first-order valence-corrected chi connectivity index (χ1v) is 6.07. The van der Waals surface area contributed by atoms with Gasteiger partial charge in [0.25, 0.3) is 0 Å². The van der Waals surface area contributed by atoms with Crippen LogP contribution in [0.3, 0.4) is 0 Å². The van der Waals surface area contributed by atoms with Gasteiger partial charge in [0.05, 0.1) is 5.69 Å². The molecule has 2 aromatic rings. The molecule has 0 amide bonds. The van der Waals surface area contributed by atoms with Crippen LogP contribution in [0.1, 0.15) is 4.88 Å². The molecular weight excluding hydrogens is 220 g/mol. The number of nitrogens with two attached hydrogens (primary N) is 1. The summed E-state index contributed by atoms with van der Waals surface area (Å²) < 4.78 is 1.74. The molecular formula is C11H16N4S. The summed E-state index contributed by atoms with van der Waals surface area (Å²) in [6, 6.07) is 4.23. The van der Waals surface area contributed by atoms with Crippen LogP contribution in [0.4, 0.5) is 11.5 Å². The van der Waals surface area contributed by atoms with Gasteiger partial charge in [-0.15, -0.1) is 11.3 Å². The smallest absolute Gasteiger partial charge is 0.173 e. The van der Waals surface area contributed by atoms with E-state index in [1.54, 1.807) is 16.0 Å². The molecule has 0 atom stereocenters. The van der Waals surface area contributed by atoms with E-state index in [0.29, 0.717) is 0 Å². The van der Waals surface area contributed by atoms with Crippen molar-refractivity contribution in [1.82, 2.24) is 9.78 Å². The van der Waals surface area contributed by atoms with Gasteiger partial charge < -0.3 is 10.6 Å². The van der Waals surface area contributed by atoms with E-state index in [1.165, 1.54) is 4.88 Å². The number of aryl methyl sites for hydroxylation is 1. The van der Waals surface area contributed by atoms with Crippen molar-refractivity contribution in [3.05, 3.63) is 28.6 Å². The molecule has 16 heavy (non-hydrogen) atoms. The van der Waals surface area contributed by atoms with Crippen LogP contribution in [0.15, 0.2) is 23.7 Å². The average molecular weight is 236 g/mol. The van der Waals surface area contributed by atoms with Gasteiger partial charge in [-0.25, -0.2) is 0 Å². The van der Waals surface area contributed by atoms with Crippen LogP contribution in [0.5, 0.6) is 0 Å². The molecule has 0 fully saturated rings. The normalized spacial score (nSPS) is 10.6. The number of likely N-dealkylation sites (N-methyl/N-ethyl adjacent to an activating group) is 1. The maximum atomic E-state index is 5.87. The fraction of sp³-hybridized carbons (Fsp3) is 0.364. The number of rotatable bonds is 4. The second-order valence-corrected chi connectivity index (χ2v) is 4.86. The van der Waals surface area contributed by atoms with E-state index < -0.39 is 0 Å². The number of nitrogen functional groups attached to an aromatic ring is 1. The number of hydrogen-bond acceptors (Lipinski definition) is 4. The highest BCUT2D eigenvalue weighted by atomic mass is 32.1. The van der Waals surface area contributed by atoms with Crippen molar-refractivity contribution in [2.24, 2.45) is 7.05 Å². The predicted octanol–water partition coefficient (Wildman–Crippen LogP) is 1.74. The molecule has 0 unspecified atom stereocenters. The number of hydrogen-bond donors (Lipinski definition) is 1. The van der Waals surface area contributed by atoms with E-state index in [2.05, 4.69) is 27.5 Å². The summed E-state index contributed by atoms with van der Waals surface area (Å²) in [5.41, 5.74) is 6.60. The van der Waals surface area contributed by atoms with Gasteiger partial charge >= 0.3 is 0 Å². The fourth-order valence-corrected chi connectivity index (χ4v) is 2.33. The van der Waals surface area contributed by atoms with Gasteiger partial charge in [-0.1, -0.05) is 6.07 Å². The van der Waals surface area contributed by atoms with Gasteiger partial charge in [-0.05, 0) is 17.9 Å². The lowest BCUT2D eigenvalue weighted by atomic mass is 10.3. The summed E-state index contributed by atoms with van der Waals surface area (Å²) in [7, 11) is 3.90. The second-order valence-electron chi connectivity index (χ2n) is 3.83. The van der Waals surface area contributed by atoms with E-state index in [0.717, 1.165) is 24.5 Å². The molecule has 5 heteroatoms. The number of aromatic nitrogens is 2. The molecule has 0 aliphatic carbocycles. The topological polar surface area (TPSA) is 47.1 Å².